The van der Waals surface area contributed by atoms with Crippen molar-refractivity contribution in [1.29, 1.82) is 0 Å². The molecule has 146 valence electrons. The molecule has 3 aromatic rings. The van der Waals surface area contributed by atoms with E-state index < -0.39 is 4.92 Å². The monoisotopic (exact) mass is 420 g/mol. The van der Waals surface area contributed by atoms with Gasteiger partial charge in [-0.15, -0.1) is 0 Å². The Morgan fingerprint density at radius 2 is 2.04 bits per heavy atom. The van der Waals surface area contributed by atoms with Gasteiger partial charge in [-0.1, -0.05) is 23.2 Å². The van der Waals surface area contributed by atoms with Crippen LogP contribution >= 0.6 is 23.2 Å². The Morgan fingerprint density at radius 1 is 1.21 bits per heavy atom. The van der Waals surface area contributed by atoms with Crippen molar-refractivity contribution in [1.82, 2.24) is 14.5 Å². The van der Waals surface area contributed by atoms with E-state index in [0.717, 1.165) is 17.0 Å². The molecule has 10 heteroatoms. The molecule has 0 unspecified atom stereocenters. The van der Waals surface area contributed by atoms with Gasteiger partial charge in [0.05, 0.1) is 22.0 Å². The van der Waals surface area contributed by atoms with Crippen LogP contribution in [0.2, 0.25) is 10.0 Å². The fourth-order valence-electron chi connectivity index (χ4n) is 2.81. The van der Waals surface area contributed by atoms with Gasteiger partial charge in [0.1, 0.15) is 12.0 Å². The molecule has 0 atom stereocenters. The summed E-state index contributed by atoms with van der Waals surface area (Å²) in [5.74, 6) is 0.562. The second-order valence-corrected chi connectivity index (χ2v) is 6.83. The number of nitrogens with two attached hydrogens (primary N) is 1. The minimum atomic E-state index is -0.481. The molecule has 0 amide bonds. The van der Waals surface area contributed by atoms with E-state index in [1.807, 2.05) is 10.6 Å². The minimum absolute atomic E-state index is 0.0464. The van der Waals surface area contributed by atoms with Crippen molar-refractivity contribution < 1.29 is 4.92 Å². The first-order valence-corrected chi connectivity index (χ1v) is 9.29. The zero-order valence-electron chi connectivity index (χ0n) is 14.8. The molecule has 3 N–H and O–H groups in total. The molecule has 3 rings (SSSR count). The summed E-state index contributed by atoms with van der Waals surface area (Å²) in [6.45, 7) is 1.65. The van der Waals surface area contributed by atoms with Gasteiger partial charge in [0.2, 0.25) is 0 Å². The van der Waals surface area contributed by atoms with Gasteiger partial charge in [0.15, 0.2) is 0 Å². The van der Waals surface area contributed by atoms with Crippen LogP contribution in [-0.2, 0) is 13.0 Å². The summed E-state index contributed by atoms with van der Waals surface area (Å²) in [5, 5.41) is 14.9. The molecule has 1 aromatic carbocycles. The average molecular weight is 421 g/mol. The van der Waals surface area contributed by atoms with Gasteiger partial charge in [0, 0.05) is 41.9 Å². The number of pyridine rings is 1. The van der Waals surface area contributed by atoms with Gasteiger partial charge >= 0.3 is 0 Å². The second kappa shape index (κ2) is 9.01. The number of hydrogen-bond donors (Lipinski definition) is 2. The van der Waals surface area contributed by atoms with E-state index >= 15 is 0 Å². The molecule has 0 aliphatic rings. The second-order valence-electron chi connectivity index (χ2n) is 5.98. The van der Waals surface area contributed by atoms with E-state index in [9.17, 15) is 10.1 Å². The maximum atomic E-state index is 10.7. The number of rotatable bonds is 8. The predicted octanol–water partition coefficient (Wildman–Crippen LogP) is 3.77. The van der Waals surface area contributed by atoms with Crippen molar-refractivity contribution in [3.05, 3.63) is 68.7 Å². The van der Waals surface area contributed by atoms with E-state index in [-0.39, 0.29) is 5.69 Å². The predicted molar refractivity (Wildman–Crippen MR) is 110 cm³/mol. The number of nitro groups is 1. The van der Waals surface area contributed by atoms with E-state index in [1.54, 1.807) is 24.5 Å². The summed E-state index contributed by atoms with van der Waals surface area (Å²) in [5.41, 5.74) is 8.29. The summed E-state index contributed by atoms with van der Waals surface area (Å²) in [6, 6.07) is 8.29. The Kier molecular flexibility index (Phi) is 6.45. The normalized spacial score (nSPS) is 10.8. The van der Waals surface area contributed by atoms with Crippen LogP contribution in [0, 0.1) is 10.1 Å². The highest BCUT2D eigenvalue weighted by Gasteiger charge is 2.15. The van der Waals surface area contributed by atoms with Crippen LogP contribution in [0.1, 0.15) is 5.69 Å². The number of nitrogens with zero attached hydrogens (tertiary/aromatic N) is 4. The van der Waals surface area contributed by atoms with Gasteiger partial charge in [-0.25, -0.2) is 9.97 Å². The fourth-order valence-corrected chi connectivity index (χ4v) is 3.31. The highest BCUT2D eigenvalue weighted by molar-refractivity contribution is 6.36. The summed E-state index contributed by atoms with van der Waals surface area (Å²) in [4.78, 5) is 18.7. The number of hydrogen-bond acceptors (Lipinski definition) is 6. The molecule has 0 saturated heterocycles. The lowest BCUT2D eigenvalue weighted by Gasteiger charge is -2.11. The molecule has 2 heterocycles. The van der Waals surface area contributed by atoms with Crippen molar-refractivity contribution in [3.8, 4) is 11.3 Å². The third-order valence-corrected chi connectivity index (χ3v) is 4.68. The van der Waals surface area contributed by atoms with Crippen molar-refractivity contribution in [2.45, 2.75) is 13.0 Å². The summed E-state index contributed by atoms with van der Waals surface area (Å²) in [6.07, 6.45) is 3.61. The van der Waals surface area contributed by atoms with Crippen LogP contribution in [0.25, 0.3) is 11.3 Å². The zero-order chi connectivity index (χ0) is 20.1. The Hall–Kier alpha value is -2.68. The molecule has 0 fully saturated rings. The maximum absolute atomic E-state index is 10.7. The first kappa shape index (κ1) is 20.1. The topological polar surface area (TPSA) is 112 Å². The average Bonchev–Trinajstić information content (AvgIpc) is 3.05. The Bertz CT molecular complexity index is 975. The number of anilines is 1. The molecule has 0 aliphatic heterocycles. The number of benzene rings is 1. The highest BCUT2D eigenvalue weighted by atomic mass is 35.5. The first-order chi connectivity index (χ1) is 13.5. The molecular formula is C18H18Cl2N6O2. The molecular weight excluding hydrogens is 403 g/mol. The van der Waals surface area contributed by atoms with E-state index in [0.29, 0.717) is 41.9 Å². The summed E-state index contributed by atoms with van der Waals surface area (Å²) >= 11 is 12.3. The highest BCUT2D eigenvalue weighted by Crippen LogP contribution is 2.31. The molecule has 0 radical (unpaired) electrons. The van der Waals surface area contributed by atoms with Crippen LogP contribution in [-0.4, -0.2) is 32.5 Å². The fraction of sp³-hybridized carbons (Fsp3) is 0.222. The summed E-state index contributed by atoms with van der Waals surface area (Å²) in [7, 11) is 0. The van der Waals surface area contributed by atoms with Gasteiger partial charge < -0.3 is 15.6 Å². The Labute approximate surface area is 171 Å². The third-order valence-electron chi connectivity index (χ3n) is 4.13. The van der Waals surface area contributed by atoms with Gasteiger partial charge in [0.25, 0.3) is 5.69 Å². The van der Waals surface area contributed by atoms with Crippen molar-refractivity contribution in [2.24, 2.45) is 5.73 Å². The lowest BCUT2D eigenvalue weighted by molar-refractivity contribution is -0.385. The van der Waals surface area contributed by atoms with Crippen molar-refractivity contribution in [2.75, 3.05) is 18.4 Å². The smallest absolute Gasteiger partial charge is 0.287 e. The third kappa shape index (κ3) is 4.59. The standard InChI is InChI=1S/C18H18Cl2N6O2/c19-12-1-3-14(15(20)9-12)18-16(5-6-21)25(11-24-18)8-7-22-17-4-2-13(10-23-17)26(27)28/h1-4,9-11H,5-8,21H2,(H,22,23). The zero-order valence-corrected chi connectivity index (χ0v) is 16.3. The lowest BCUT2D eigenvalue weighted by atomic mass is 10.1. The van der Waals surface area contributed by atoms with Crippen LogP contribution < -0.4 is 11.1 Å². The van der Waals surface area contributed by atoms with Gasteiger partial charge in [-0.3, -0.25) is 10.1 Å². The van der Waals surface area contributed by atoms with Gasteiger partial charge in [-0.05, 0) is 30.8 Å². The van der Waals surface area contributed by atoms with Crippen LogP contribution in [0.4, 0.5) is 11.5 Å². The van der Waals surface area contributed by atoms with Crippen LogP contribution in [0.5, 0.6) is 0 Å². The molecule has 8 nitrogen and oxygen atoms in total. The maximum Gasteiger partial charge on any atom is 0.287 e. The number of imidazole rings is 1. The lowest BCUT2D eigenvalue weighted by Crippen LogP contribution is -2.15. The van der Waals surface area contributed by atoms with E-state index in [4.69, 9.17) is 28.9 Å². The SMILES string of the molecule is NCCc1c(-c2ccc(Cl)cc2Cl)ncn1CCNc1ccc([N+](=O)[O-])cn1. The van der Waals surface area contributed by atoms with Crippen molar-refractivity contribution in [3.63, 3.8) is 0 Å². The molecule has 0 aliphatic carbocycles. The Balaban J connectivity index is 1.73. The van der Waals surface area contributed by atoms with Crippen molar-refractivity contribution >= 4 is 34.7 Å². The number of aromatic nitrogens is 3. The summed E-state index contributed by atoms with van der Waals surface area (Å²) < 4.78 is 2.01. The Morgan fingerprint density at radius 3 is 2.68 bits per heavy atom. The quantitative estimate of drug-likeness (QED) is 0.423. The molecule has 0 spiro atoms. The molecule has 0 bridgehead atoms. The van der Waals surface area contributed by atoms with Gasteiger partial charge in [-0.2, -0.15) is 0 Å². The molecule has 2 aromatic heterocycles. The molecule has 28 heavy (non-hydrogen) atoms. The minimum Gasteiger partial charge on any atom is -0.368 e. The van der Waals surface area contributed by atoms with Crippen LogP contribution in [0.15, 0.2) is 42.9 Å². The number of nitrogens with one attached hydrogen (secondary N) is 1. The van der Waals surface area contributed by atoms with E-state index in [2.05, 4.69) is 15.3 Å². The first-order valence-electron chi connectivity index (χ1n) is 8.53. The largest absolute Gasteiger partial charge is 0.368 e. The number of halogens is 2. The van der Waals surface area contributed by atoms with Crippen LogP contribution in [0.3, 0.4) is 0 Å². The van der Waals surface area contributed by atoms with E-state index in [1.165, 1.54) is 12.3 Å². The molecule has 0 saturated carbocycles.